The summed E-state index contributed by atoms with van der Waals surface area (Å²) in [6, 6.07) is 7.45. The van der Waals surface area contributed by atoms with Crippen molar-refractivity contribution in [2.75, 3.05) is 14.1 Å². The van der Waals surface area contributed by atoms with Crippen LogP contribution in [0.3, 0.4) is 0 Å². The van der Waals surface area contributed by atoms with Crippen LogP contribution in [0.25, 0.3) is 0 Å². The van der Waals surface area contributed by atoms with Crippen LogP contribution in [0, 0.1) is 5.92 Å². The largest absolute Gasteiger partial charge is 0.351 e. The summed E-state index contributed by atoms with van der Waals surface area (Å²) in [6.45, 7) is 1.72. The highest BCUT2D eigenvalue weighted by molar-refractivity contribution is 9.10. The van der Waals surface area contributed by atoms with E-state index in [9.17, 15) is 9.59 Å². The molecule has 7 heteroatoms. The number of hydrogen-bond donors (Lipinski definition) is 2. The van der Waals surface area contributed by atoms with Crippen molar-refractivity contribution in [3.63, 3.8) is 0 Å². The van der Waals surface area contributed by atoms with Crippen LogP contribution in [0.5, 0.6) is 0 Å². The molecule has 0 heterocycles. The fourth-order valence-electron chi connectivity index (χ4n) is 3.17. The van der Waals surface area contributed by atoms with E-state index in [1.165, 1.54) is 0 Å². The molecule has 1 aliphatic carbocycles. The van der Waals surface area contributed by atoms with Gasteiger partial charge in [-0.05, 0) is 43.9 Å². The third-order valence-electron chi connectivity index (χ3n) is 4.72. The molecule has 0 saturated heterocycles. The van der Waals surface area contributed by atoms with Crippen LogP contribution >= 0.6 is 28.3 Å². The minimum Gasteiger partial charge on any atom is -0.351 e. The first kappa shape index (κ1) is 21.9. The first-order valence-electron chi connectivity index (χ1n) is 8.29. The Kier molecular flexibility index (Phi) is 7.90. The minimum atomic E-state index is -1.10. The van der Waals surface area contributed by atoms with Crippen molar-refractivity contribution in [2.24, 2.45) is 11.7 Å². The van der Waals surface area contributed by atoms with Gasteiger partial charge < -0.3 is 16.0 Å². The Hall–Kier alpha value is -1.11. The third kappa shape index (κ3) is 5.43. The van der Waals surface area contributed by atoms with Crippen molar-refractivity contribution in [3.05, 3.63) is 34.3 Å². The number of nitrogens with two attached hydrogens (primary N) is 1. The van der Waals surface area contributed by atoms with Gasteiger partial charge in [0.1, 0.15) is 5.54 Å². The maximum atomic E-state index is 12.7. The molecule has 5 nitrogen and oxygen atoms in total. The second-order valence-electron chi connectivity index (χ2n) is 6.98. The van der Waals surface area contributed by atoms with Crippen LogP contribution in [0.15, 0.2) is 28.7 Å². The van der Waals surface area contributed by atoms with Gasteiger partial charge >= 0.3 is 0 Å². The minimum absolute atomic E-state index is 0. The van der Waals surface area contributed by atoms with Crippen molar-refractivity contribution in [3.8, 4) is 0 Å². The van der Waals surface area contributed by atoms with Gasteiger partial charge in [-0.15, -0.1) is 12.4 Å². The summed E-state index contributed by atoms with van der Waals surface area (Å²) in [5, 5.41) is 3.05. The number of amides is 2. The van der Waals surface area contributed by atoms with E-state index in [0.717, 1.165) is 29.3 Å². The lowest BCUT2D eigenvalue weighted by Crippen LogP contribution is -2.53. The molecule has 140 valence electrons. The zero-order chi connectivity index (χ0) is 17.9. The number of nitrogens with zero attached hydrogens (tertiary/aromatic N) is 1. The van der Waals surface area contributed by atoms with Crippen LogP contribution in [0.2, 0.25) is 0 Å². The third-order valence-corrected chi connectivity index (χ3v) is 5.24. The van der Waals surface area contributed by atoms with Gasteiger partial charge in [-0.2, -0.15) is 0 Å². The van der Waals surface area contributed by atoms with E-state index in [2.05, 4.69) is 21.2 Å². The first-order valence-corrected chi connectivity index (χ1v) is 9.08. The molecular formula is C18H27BrClN3O2. The molecule has 2 amide bonds. The highest BCUT2D eigenvalue weighted by atomic mass is 79.9. The zero-order valence-electron chi connectivity index (χ0n) is 14.9. The van der Waals surface area contributed by atoms with Crippen LogP contribution in [0.4, 0.5) is 0 Å². The molecule has 0 aromatic heterocycles. The predicted molar refractivity (Wildman–Crippen MR) is 106 cm³/mol. The van der Waals surface area contributed by atoms with Crippen LogP contribution in [0.1, 0.15) is 38.2 Å². The number of hydrogen-bond acceptors (Lipinski definition) is 3. The molecule has 1 fully saturated rings. The summed E-state index contributed by atoms with van der Waals surface area (Å²) in [5.41, 5.74) is 5.95. The molecule has 0 aliphatic heterocycles. The second kappa shape index (κ2) is 9.01. The lowest BCUT2D eigenvalue weighted by atomic mass is 9.84. The first-order chi connectivity index (χ1) is 11.2. The Morgan fingerprint density at radius 3 is 2.40 bits per heavy atom. The van der Waals surface area contributed by atoms with E-state index in [0.29, 0.717) is 6.42 Å². The van der Waals surface area contributed by atoms with Crippen LogP contribution < -0.4 is 11.1 Å². The Morgan fingerprint density at radius 2 is 1.84 bits per heavy atom. The molecule has 1 aliphatic rings. The fourth-order valence-corrected chi connectivity index (χ4v) is 3.44. The highest BCUT2D eigenvalue weighted by Crippen LogP contribution is 2.27. The van der Waals surface area contributed by atoms with E-state index in [-0.39, 0.29) is 36.2 Å². The summed E-state index contributed by atoms with van der Waals surface area (Å²) in [5.74, 6) is -0.0825. The van der Waals surface area contributed by atoms with E-state index < -0.39 is 5.54 Å². The molecule has 3 N–H and O–H groups in total. The summed E-state index contributed by atoms with van der Waals surface area (Å²) >= 11 is 3.38. The smallest absolute Gasteiger partial charge is 0.244 e. The molecule has 1 aromatic carbocycles. The van der Waals surface area contributed by atoms with Crippen molar-refractivity contribution in [1.82, 2.24) is 10.2 Å². The normalized spacial score (nSPS) is 22.3. The van der Waals surface area contributed by atoms with Gasteiger partial charge in [0.15, 0.2) is 0 Å². The summed E-state index contributed by atoms with van der Waals surface area (Å²) in [4.78, 5) is 26.5. The lowest BCUT2D eigenvalue weighted by Gasteiger charge is -2.33. The maximum absolute atomic E-state index is 12.7. The second-order valence-corrected chi connectivity index (χ2v) is 7.89. The molecule has 1 aromatic rings. The number of benzene rings is 1. The monoisotopic (exact) mass is 431 g/mol. The number of carbonyl (C=O) groups excluding carboxylic acids is 2. The fraction of sp³-hybridized carbons (Fsp3) is 0.556. The van der Waals surface area contributed by atoms with E-state index in [4.69, 9.17) is 5.73 Å². The lowest BCUT2D eigenvalue weighted by molar-refractivity contribution is -0.135. The number of rotatable bonds is 4. The summed E-state index contributed by atoms with van der Waals surface area (Å²) < 4.78 is 0.944. The van der Waals surface area contributed by atoms with Gasteiger partial charge in [0.25, 0.3) is 0 Å². The average Bonchev–Trinajstić information content (AvgIpc) is 2.54. The number of halogens is 2. The maximum Gasteiger partial charge on any atom is 0.244 e. The van der Waals surface area contributed by atoms with Gasteiger partial charge in [-0.3, -0.25) is 9.59 Å². The van der Waals surface area contributed by atoms with Gasteiger partial charge in [0, 0.05) is 30.5 Å². The molecular weight excluding hydrogens is 406 g/mol. The summed E-state index contributed by atoms with van der Waals surface area (Å²) in [6.07, 6.45) is 3.39. The standard InChI is InChI=1S/C18H26BrN3O2.ClH/c1-18(20,13-7-9-14(19)10-8-13)17(24)21-15-6-4-5-12(11-15)16(23)22(2)3;/h7-10,12,15H,4-6,11,20H2,1-3H3,(H,21,24);1H. The molecule has 3 unspecified atom stereocenters. The van der Waals surface area contributed by atoms with Crippen molar-refractivity contribution in [1.29, 1.82) is 0 Å². The average molecular weight is 433 g/mol. The van der Waals surface area contributed by atoms with E-state index in [1.54, 1.807) is 25.9 Å². The quantitative estimate of drug-likeness (QED) is 0.768. The predicted octanol–water partition coefficient (Wildman–Crippen LogP) is 2.81. The highest BCUT2D eigenvalue weighted by Gasteiger charge is 2.34. The number of carbonyl (C=O) groups is 2. The Labute approximate surface area is 164 Å². The van der Waals surface area contributed by atoms with Crippen molar-refractivity contribution < 1.29 is 9.59 Å². The molecule has 2 rings (SSSR count). The van der Waals surface area contributed by atoms with E-state index in [1.807, 2.05) is 24.3 Å². The zero-order valence-corrected chi connectivity index (χ0v) is 17.3. The topological polar surface area (TPSA) is 75.4 Å². The SMILES string of the molecule is CN(C)C(=O)C1CCCC(NC(=O)C(C)(N)c2ccc(Br)cc2)C1.Cl. The van der Waals surface area contributed by atoms with Crippen molar-refractivity contribution in [2.45, 2.75) is 44.2 Å². The Bertz CT molecular complexity index is 605. The van der Waals surface area contributed by atoms with Gasteiger partial charge in [-0.1, -0.05) is 34.5 Å². The van der Waals surface area contributed by atoms with Crippen molar-refractivity contribution >= 4 is 40.2 Å². The van der Waals surface area contributed by atoms with E-state index >= 15 is 0 Å². The van der Waals surface area contributed by atoms with Crippen LogP contribution in [-0.4, -0.2) is 36.9 Å². The Balaban J connectivity index is 0.00000312. The van der Waals surface area contributed by atoms with Gasteiger partial charge in [0.2, 0.25) is 11.8 Å². The molecule has 0 spiro atoms. The summed E-state index contributed by atoms with van der Waals surface area (Å²) in [7, 11) is 3.55. The molecule has 0 radical (unpaired) electrons. The molecule has 3 atom stereocenters. The number of nitrogens with one attached hydrogen (secondary N) is 1. The van der Waals surface area contributed by atoms with Crippen LogP contribution in [-0.2, 0) is 15.1 Å². The molecule has 25 heavy (non-hydrogen) atoms. The Morgan fingerprint density at radius 1 is 1.24 bits per heavy atom. The molecule has 0 bridgehead atoms. The molecule has 1 saturated carbocycles. The van der Waals surface area contributed by atoms with Gasteiger partial charge in [-0.25, -0.2) is 0 Å². The van der Waals surface area contributed by atoms with Gasteiger partial charge in [0.05, 0.1) is 0 Å².